The number of carbonyl (C=O) groups is 1. The number of nitrogens with one attached hydrogen (secondary N) is 2. The topological polar surface area (TPSA) is 91.5 Å². The summed E-state index contributed by atoms with van der Waals surface area (Å²) in [6, 6.07) is 1.60. The fraction of sp³-hybridized carbons (Fsp3) is 0.643. The van der Waals surface area contributed by atoms with Crippen LogP contribution in [0.25, 0.3) is 0 Å². The van der Waals surface area contributed by atoms with Crippen LogP contribution in [0.1, 0.15) is 29.6 Å². The van der Waals surface area contributed by atoms with E-state index in [-0.39, 0.29) is 17.6 Å². The van der Waals surface area contributed by atoms with Crippen LogP contribution in [0.3, 0.4) is 0 Å². The van der Waals surface area contributed by atoms with E-state index in [0.717, 1.165) is 19.1 Å². The van der Waals surface area contributed by atoms with Crippen LogP contribution in [0.15, 0.2) is 18.5 Å². The molecule has 1 unspecified atom stereocenters. The lowest BCUT2D eigenvalue weighted by Crippen LogP contribution is -2.47. The average molecular weight is 327 g/mol. The summed E-state index contributed by atoms with van der Waals surface area (Å²) in [7, 11) is -3.21. The third-order valence-electron chi connectivity index (χ3n) is 4.40. The Kier molecular flexibility index (Phi) is 4.00. The van der Waals surface area contributed by atoms with Crippen LogP contribution in [0.5, 0.6) is 0 Å². The predicted octanol–water partition coefficient (Wildman–Crippen LogP) is 0.328. The second-order valence-corrected chi connectivity index (χ2v) is 7.96. The molecule has 0 bridgehead atoms. The zero-order valence-electron chi connectivity index (χ0n) is 12.5. The van der Waals surface area contributed by atoms with Gasteiger partial charge in [-0.2, -0.15) is 0 Å². The fourth-order valence-electron chi connectivity index (χ4n) is 3.33. The largest absolute Gasteiger partial charge is 0.373 e. The Morgan fingerprint density at radius 1 is 1.45 bits per heavy atom. The normalized spacial score (nSPS) is 24.8. The summed E-state index contributed by atoms with van der Waals surface area (Å²) in [6.45, 7) is 1.67. The summed E-state index contributed by atoms with van der Waals surface area (Å²) >= 11 is 0. The second kappa shape index (κ2) is 5.68. The van der Waals surface area contributed by atoms with Gasteiger partial charge in [-0.3, -0.25) is 4.79 Å². The molecule has 2 fully saturated rings. The number of rotatable bonds is 3. The van der Waals surface area contributed by atoms with E-state index in [0.29, 0.717) is 31.7 Å². The van der Waals surface area contributed by atoms with Crippen molar-refractivity contribution in [3.63, 3.8) is 0 Å². The first-order valence-corrected chi connectivity index (χ1v) is 9.29. The quantitative estimate of drug-likeness (QED) is 0.837. The van der Waals surface area contributed by atoms with Crippen LogP contribution < -0.4 is 4.72 Å². The van der Waals surface area contributed by atoms with Crippen LogP contribution in [0, 0.1) is 0 Å². The minimum absolute atomic E-state index is 0.0277. The van der Waals surface area contributed by atoms with Crippen LogP contribution in [0.4, 0.5) is 0 Å². The second-order valence-electron chi connectivity index (χ2n) is 6.18. The minimum Gasteiger partial charge on any atom is -0.373 e. The molecule has 7 nitrogen and oxygen atoms in total. The van der Waals surface area contributed by atoms with Gasteiger partial charge in [0.25, 0.3) is 5.91 Å². The molecule has 1 aromatic rings. The number of carbonyl (C=O) groups excluding carboxylic acids is 1. The SMILES string of the molecule is CS(=O)(=O)NC1COC2(CCN(C(=O)c3cc[nH]c3)CC2)C1. The molecule has 0 radical (unpaired) electrons. The highest BCUT2D eigenvalue weighted by Crippen LogP contribution is 2.36. The molecule has 1 amide bonds. The molecule has 2 aliphatic rings. The van der Waals surface area contributed by atoms with Gasteiger partial charge in [-0.25, -0.2) is 13.1 Å². The lowest BCUT2D eigenvalue weighted by Gasteiger charge is -2.38. The highest BCUT2D eigenvalue weighted by Gasteiger charge is 2.44. The van der Waals surface area contributed by atoms with Crippen molar-refractivity contribution in [3.05, 3.63) is 24.0 Å². The monoisotopic (exact) mass is 327 g/mol. The molecule has 1 spiro atoms. The Bertz CT molecular complexity index is 633. The van der Waals surface area contributed by atoms with Crippen molar-refractivity contribution in [1.29, 1.82) is 0 Å². The molecule has 3 heterocycles. The van der Waals surface area contributed by atoms with Crippen LogP contribution >= 0.6 is 0 Å². The van der Waals surface area contributed by atoms with Gasteiger partial charge >= 0.3 is 0 Å². The van der Waals surface area contributed by atoms with Gasteiger partial charge in [0.2, 0.25) is 10.0 Å². The molecule has 122 valence electrons. The van der Waals surface area contributed by atoms with Gasteiger partial charge in [0, 0.05) is 31.5 Å². The number of hydrogen-bond donors (Lipinski definition) is 2. The number of amides is 1. The smallest absolute Gasteiger partial charge is 0.255 e. The van der Waals surface area contributed by atoms with Crippen LogP contribution in [0.2, 0.25) is 0 Å². The highest BCUT2D eigenvalue weighted by molar-refractivity contribution is 7.88. The predicted molar refractivity (Wildman–Crippen MR) is 81.0 cm³/mol. The van der Waals surface area contributed by atoms with Gasteiger partial charge in [0.1, 0.15) is 0 Å². The van der Waals surface area contributed by atoms with E-state index in [4.69, 9.17) is 4.74 Å². The summed E-state index contributed by atoms with van der Waals surface area (Å²) in [4.78, 5) is 17.0. The van der Waals surface area contributed by atoms with Crippen molar-refractivity contribution in [2.24, 2.45) is 0 Å². The molecule has 2 saturated heterocycles. The zero-order valence-corrected chi connectivity index (χ0v) is 13.4. The van der Waals surface area contributed by atoms with Crippen LogP contribution in [-0.2, 0) is 14.8 Å². The number of likely N-dealkylation sites (tertiary alicyclic amines) is 1. The molecule has 22 heavy (non-hydrogen) atoms. The summed E-state index contributed by atoms with van der Waals surface area (Å²) in [5.74, 6) is 0.0277. The summed E-state index contributed by atoms with van der Waals surface area (Å²) in [5, 5.41) is 0. The molecule has 0 aliphatic carbocycles. The minimum atomic E-state index is -3.21. The highest BCUT2D eigenvalue weighted by atomic mass is 32.2. The fourth-order valence-corrected chi connectivity index (χ4v) is 4.08. The van der Waals surface area contributed by atoms with Crippen LogP contribution in [-0.4, -0.2) is 61.8 Å². The third kappa shape index (κ3) is 3.34. The first kappa shape index (κ1) is 15.5. The molecule has 3 rings (SSSR count). The molecule has 0 saturated carbocycles. The van der Waals surface area contributed by atoms with E-state index in [1.54, 1.807) is 18.5 Å². The van der Waals surface area contributed by atoms with Crippen molar-refractivity contribution in [2.75, 3.05) is 26.0 Å². The van der Waals surface area contributed by atoms with Gasteiger partial charge in [0.05, 0.1) is 24.0 Å². The van der Waals surface area contributed by atoms with E-state index in [2.05, 4.69) is 9.71 Å². The number of sulfonamides is 1. The number of H-pyrrole nitrogens is 1. The van der Waals surface area contributed by atoms with Gasteiger partial charge < -0.3 is 14.6 Å². The van der Waals surface area contributed by atoms with Crippen molar-refractivity contribution < 1.29 is 17.9 Å². The van der Waals surface area contributed by atoms with Crippen molar-refractivity contribution in [1.82, 2.24) is 14.6 Å². The van der Waals surface area contributed by atoms with Crippen molar-refractivity contribution in [2.45, 2.75) is 30.9 Å². The Morgan fingerprint density at radius 3 is 2.77 bits per heavy atom. The molecular weight excluding hydrogens is 306 g/mol. The summed E-state index contributed by atoms with van der Waals surface area (Å²) in [6.07, 6.45) is 6.75. The third-order valence-corrected chi connectivity index (χ3v) is 5.16. The van der Waals surface area contributed by atoms with Crippen molar-refractivity contribution >= 4 is 15.9 Å². The van der Waals surface area contributed by atoms with E-state index >= 15 is 0 Å². The van der Waals surface area contributed by atoms with Gasteiger partial charge in [-0.1, -0.05) is 0 Å². The number of aromatic amines is 1. The average Bonchev–Trinajstić information content (AvgIpc) is 3.08. The van der Waals surface area contributed by atoms with E-state index in [1.165, 1.54) is 0 Å². The molecule has 2 aliphatic heterocycles. The molecule has 0 aromatic carbocycles. The number of hydrogen-bond acceptors (Lipinski definition) is 4. The summed E-state index contributed by atoms with van der Waals surface area (Å²) in [5.41, 5.74) is 0.372. The Labute approximate surface area is 130 Å². The number of nitrogens with zero attached hydrogens (tertiary/aromatic N) is 1. The first-order valence-electron chi connectivity index (χ1n) is 7.40. The maximum Gasteiger partial charge on any atom is 0.255 e. The van der Waals surface area contributed by atoms with E-state index in [9.17, 15) is 13.2 Å². The maximum atomic E-state index is 12.3. The molecule has 1 atom stereocenters. The number of piperidine rings is 1. The van der Waals surface area contributed by atoms with Crippen molar-refractivity contribution in [3.8, 4) is 0 Å². The van der Waals surface area contributed by atoms with Gasteiger partial charge in [-0.05, 0) is 25.3 Å². The molecule has 1 aromatic heterocycles. The Balaban J connectivity index is 1.57. The molecule has 2 N–H and O–H groups in total. The van der Waals surface area contributed by atoms with E-state index < -0.39 is 10.0 Å². The standard InChI is InChI=1S/C14H21N3O4S/c1-22(19,20)16-12-8-14(21-10-12)3-6-17(7-4-14)13(18)11-2-5-15-9-11/h2,5,9,12,15-16H,3-4,6-8,10H2,1H3. The maximum absolute atomic E-state index is 12.3. The van der Waals surface area contributed by atoms with E-state index in [1.807, 2.05) is 4.90 Å². The van der Waals surface area contributed by atoms with Gasteiger partial charge in [-0.15, -0.1) is 0 Å². The zero-order chi connectivity index (χ0) is 15.8. The summed E-state index contributed by atoms with van der Waals surface area (Å²) < 4.78 is 31.1. The lowest BCUT2D eigenvalue weighted by atomic mass is 9.87. The Morgan fingerprint density at radius 2 is 2.18 bits per heavy atom. The lowest BCUT2D eigenvalue weighted by molar-refractivity contribution is -0.0389. The number of aromatic nitrogens is 1. The Hall–Kier alpha value is -1.38. The van der Waals surface area contributed by atoms with Gasteiger partial charge in [0.15, 0.2) is 0 Å². The molecule has 8 heteroatoms. The molecular formula is C14H21N3O4S. The first-order chi connectivity index (χ1) is 10.4. The number of ether oxygens (including phenoxy) is 1.